The predicted molar refractivity (Wildman–Crippen MR) is 81.7 cm³/mol. The maximum atomic E-state index is 14.1. The quantitative estimate of drug-likeness (QED) is 0.816. The molecule has 1 aromatic carbocycles. The topological polar surface area (TPSA) is 88.2 Å². The highest BCUT2D eigenvalue weighted by atomic mass is 32.2. The summed E-state index contributed by atoms with van der Waals surface area (Å²) in [6, 6.07) is 2.99. The van der Waals surface area contributed by atoms with Crippen molar-refractivity contribution in [2.24, 2.45) is 7.05 Å². The first kappa shape index (κ1) is 17.5. The van der Waals surface area contributed by atoms with Gasteiger partial charge in [0.25, 0.3) is 0 Å². The number of aryl methyl sites for hydroxylation is 1. The van der Waals surface area contributed by atoms with Crippen molar-refractivity contribution in [2.45, 2.75) is 11.0 Å². The molecule has 0 aliphatic carbocycles. The Kier molecular flexibility index (Phi) is 4.55. The maximum Gasteiger partial charge on any atom is 0.249 e. The zero-order chi connectivity index (χ0) is 18.2. The van der Waals surface area contributed by atoms with Gasteiger partial charge in [-0.1, -0.05) is 0 Å². The van der Waals surface area contributed by atoms with Crippen LogP contribution in [-0.4, -0.2) is 42.2 Å². The van der Waals surface area contributed by atoms with Gasteiger partial charge in [-0.05, 0) is 12.1 Å². The van der Waals surface area contributed by atoms with Crippen LogP contribution in [0.2, 0.25) is 0 Å². The second-order valence-electron chi connectivity index (χ2n) is 5.55. The van der Waals surface area contributed by atoms with Gasteiger partial charge in [-0.3, -0.25) is 4.68 Å². The fourth-order valence-electron chi connectivity index (χ4n) is 2.65. The largest absolute Gasteiger partial charge is 0.371 e. The van der Waals surface area contributed by atoms with Gasteiger partial charge in [0.15, 0.2) is 4.90 Å². The molecule has 7 nitrogen and oxygen atoms in total. The van der Waals surface area contributed by atoms with Crippen molar-refractivity contribution < 1.29 is 21.9 Å². The third-order valence-corrected chi connectivity index (χ3v) is 5.77. The molecule has 0 spiro atoms. The standard InChI is InChI=1S/C15H14F2N4O3S/c1-20-8-11(7-19-20)14-9-21(2-3-24-14)25(22,23)15-12(16)4-10(6-18)5-13(15)17/h4-5,7-8,14H,2-3,9H2,1H3/t14-/m0/s1. The van der Waals surface area contributed by atoms with E-state index in [1.165, 1.54) is 0 Å². The van der Waals surface area contributed by atoms with Crippen LogP contribution in [0.1, 0.15) is 17.2 Å². The minimum absolute atomic E-state index is 0.0298. The van der Waals surface area contributed by atoms with Gasteiger partial charge in [-0.25, -0.2) is 17.2 Å². The lowest BCUT2D eigenvalue weighted by Gasteiger charge is -2.31. The molecular weight excluding hydrogens is 354 g/mol. The highest BCUT2D eigenvalue weighted by Gasteiger charge is 2.35. The molecule has 1 fully saturated rings. The van der Waals surface area contributed by atoms with Gasteiger partial charge >= 0.3 is 0 Å². The molecular formula is C15H14F2N4O3S. The number of nitriles is 1. The highest BCUT2D eigenvalue weighted by molar-refractivity contribution is 7.89. The Morgan fingerprint density at radius 3 is 2.60 bits per heavy atom. The Labute approximate surface area is 143 Å². The zero-order valence-electron chi connectivity index (χ0n) is 13.2. The molecule has 1 aliphatic heterocycles. The highest BCUT2D eigenvalue weighted by Crippen LogP contribution is 2.29. The molecule has 0 radical (unpaired) electrons. The molecule has 1 atom stereocenters. The number of sulfonamides is 1. The van der Waals surface area contributed by atoms with Crippen LogP contribution in [0.4, 0.5) is 8.78 Å². The van der Waals surface area contributed by atoms with Crippen LogP contribution in [0.3, 0.4) is 0 Å². The number of morpholine rings is 1. The summed E-state index contributed by atoms with van der Waals surface area (Å²) >= 11 is 0. The van der Waals surface area contributed by atoms with Gasteiger partial charge in [0, 0.05) is 31.9 Å². The lowest BCUT2D eigenvalue weighted by molar-refractivity contribution is -0.00271. The molecule has 1 saturated heterocycles. The molecule has 1 aliphatic rings. The predicted octanol–water partition coefficient (Wildman–Crippen LogP) is 1.33. The van der Waals surface area contributed by atoms with E-state index in [9.17, 15) is 17.2 Å². The summed E-state index contributed by atoms with van der Waals surface area (Å²) in [5, 5.41) is 12.7. The van der Waals surface area contributed by atoms with Gasteiger partial charge in [0.05, 0.1) is 30.5 Å². The van der Waals surface area contributed by atoms with Crippen LogP contribution in [-0.2, 0) is 21.8 Å². The minimum Gasteiger partial charge on any atom is -0.371 e. The third-order valence-electron chi connectivity index (χ3n) is 3.85. The van der Waals surface area contributed by atoms with Crippen molar-refractivity contribution in [2.75, 3.05) is 19.7 Å². The fraction of sp³-hybridized carbons (Fsp3) is 0.333. The summed E-state index contributed by atoms with van der Waals surface area (Å²) in [7, 11) is -2.71. The smallest absolute Gasteiger partial charge is 0.249 e. The first-order valence-corrected chi connectivity index (χ1v) is 8.76. The molecule has 132 valence electrons. The number of benzene rings is 1. The molecule has 0 bridgehead atoms. The van der Waals surface area contributed by atoms with Crippen molar-refractivity contribution in [1.82, 2.24) is 14.1 Å². The van der Waals surface area contributed by atoms with Crippen molar-refractivity contribution >= 4 is 10.0 Å². The van der Waals surface area contributed by atoms with Crippen molar-refractivity contribution in [3.05, 3.63) is 47.3 Å². The van der Waals surface area contributed by atoms with Gasteiger partial charge < -0.3 is 4.74 Å². The maximum absolute atomic E-state index is 14.1. The molecule has 25 heavy (non-hydrogen) atoms. The van der Waals surface area contributed by atoms with Gasteiger partial charge in [0.2, 0.25) is 10.0 Å². The molecule has 0 amide bonds. The molecule has 2 heterocycles. The van der Waals surface area contributed by atoms with E-state index in [4.69, 9.17) is 10.00 Å². The van der Waals surface area contributed by atoms with E-state index in [2.05, 4.69) is 5.10 Å². The molecule has 0 N–H and O–H groups in total. The van der Waals surface area contributed by atoms with E-state index in [1.54, 1.807) is 30.2 Å². The Morgan fingerprint density at radius 1 is 1.36 bits per heavy atom. The molecule has 0 unspecified atom stereocenters. The summed E-state index contributed by atoms with van der Waals surface area (Å²) in [6.45, 7) is -0.0385. The average Bonchev–Trinajstić information content (AvgIpc) is 3.00. The second kappa shape index (κ2) is 6.51. The van der Waals surface area contributed by atoms with E-state index < -0.39 is 32.7 Å². The molecule has 0 saturated carbocycles. The number of halogens is 2. The van der Waals surface area contributed by atoms with E-state index in [0.29, 0.717) is 17.7 Å². The summed E-state index contributed by atoms with van der Waals surface area (Å²) < 4.78 is 61.7. The van der Waals surface area contributed by atoms with Gasteiger partial charge in [-0.2, -0.15) is 14.7 Å². The first-order valence-electron chi connectivity index (χ1n) is 7.32. The first-order chi connectivity index (χ1) is 11.8. The normalized spacial score (nSPS) is 18.9. The Bertz CT molecular complexity index is 929. The average molecular weight is 368 g/mol. The van der Waals surface area contributed by atoms with Crippen molar-refractivity contribution in [3.63, 3.8) is 0 Å². The van der Waals surface area contributed by atoms with E-state index in [-0.39, 0.29) is 25.3 Å². The summed E-state index contributed by atoms with van der Waals surface area (Å²) in [5.74, 6) is -2.58. The van der Waals surface area contributed by atoms with Crippen LogP contribution in [0, 0.1) is 23.0 Å². The van der Waals surface area contributed by atoms with Crippen molar-refractivity contribution in [3.8, 4) is 6.07 Å². The monoisotopic (exact) mass is 368 g/mol. The fourth-order valence-corrected chi connectivity index (χ4v) is 4.17. The zero-order valence-corrected chi connectivity index (χ0v) is 14.0. The molecule has 3 rings (SSSR count). The van der Waals surface area contributed by atoms with Crippen LogP contribution in [0.15, 0.2) is 29.4 Å². The molecule has 10 heteroatoms. The molecule has 1 aromatic heterocycles. The lowest BCUT2D eigenvalue weighted by atomic mass is 10.2. The van der Waals surface area contributed by atoms with E-state index >= 15 is 0 Å². The Morgan fingerprint density at radius 2 is 2.04 bits per heavy atom. The van der Waals surface area contributed by atoms with Crippen LogP contribution in [0.25, 0.3) is 0 Å². The van der Waals surface area contributed by atoms with Crippen LogP contribution < -0.4 is 0 Å². The number of aromatic nitrogens is 2. The Hall–Kier alpha value is -2.35. The number of hydrogen-bond donors (Lipinski definition) is 0. The second-order valence-corrected chi connectivity index (χ2v) is 7.43. The summed E-state index contributed by atoms with van der Waals surface area (Å²) in [5.41, 5.74) is 0.382. The number of hydrogen-bond acceptors (Lipinski definition) is 5. The Balaban J connectivity index is 1.94. The van der Waals surface area contributed by atoms with Gasteiger partial charge in [0.1, 0.15) is 11.6 Å². The SMILES string of the molecule is Cn1cc([C@@H]2CN(S(=O)(=O)c3c(F)cc(C#N)cc3F)CCO2)cn1. The number of ether oxygens (including phenoxy) is 1. The summed E-state index contributed by atoms with van der Waals surface area (Å²) in [4.78, 5) is -1.06. The molecule has 2 aromatic rings. The van der Waals surface area contributed by atoms with Crippen molar-refractivity contribution in [1.29, 1.82) is 5.26 Å². The third kappa shape index (κ3) is 3.26. The van der Waals surface area contributed by atoms with Crippen LogP contribution >= 0.6 is 0 Å². The number of rotatable bonds is 3. The van der Waals surface area contributed by atoms with E-state index in [0.717, 1.165) is 4.31 Å². The van der Waals surface area contributed by atoms with Crippen LogP contribution in [0.5, 0.6) is 0 Å². The van der Waals surface area contributed by atoms with Gasteiger partial charge in [-0.15, -0.1) is 0 Å². The van der Waals surface area contributed by atoms with E-state index in [1.807, 2.05) is 0 Å². The summed E-state index contributed by atoms with van der Waals surface area (Å²) in [6.07, 6.45) is 2.65. The number of nitrogens with zero attached hydrogens (tertiary/aromatic N) is 4. The lowest BCUT2D eigenvalue weighted by Crippen LogP contribution is -2.42. The minimum atomic E-state index is -4.42.